The predicted molar refractivity (Wildman–Crippen MR) is 82.0 cm³/mol. The molecule has 2 rings (SSSR count). The van der Waals surface area contributed by atoms with Gasteiger partial charge in [0.1, 0.15) is 0 Å². The molecule has 0 aromatic heterocycles. The molecule has 2 aromatic rings. The van der Waals surface area contributed by atoms with Crippen molar-refractivity contribution in [2.75, 3.05) is 0 Å². The summed E-state index contributed by atoms with van der Waals surface area (Å²) in [6, 6.07) is 14.8. The molecule has 1 N–H and O–H groups in total. The summed E-state index contributed by atoms with van der Waals surface area (Å²) in [6.07, 6.45) is 0.188. The standard InChI is InChI=1S/C17H16ClNO/c1-12(10-13-6-8-15(18)9-7-13)17(20)14-4-3-5-16(11-14)19-2/h3-9,11-12,17,20H,10H2,1H3. The highest BCUT2D eigenvalue weighted by atomic mass is 35.5. The molecule has 3 heteroatoms. The number of aliphatic hydroxyl groups is 1. The molecule has 20 heavy (non-hydrogen) atoms. The second kappa shape index (κ2) is 6.56. The average molecular weight is 286 g/mol. The van der Waals surface area contributed by atoms with E-state index in [9.17, 15) is 5.11 Å². The summed E-state index contributed by atoms with van der Waals surface area (Å²) >= 11 is 5.86. The zero-order valence-electron chi connectivity index (χ0n) is 11.3. The summed E-state index contributed by atoms with van der Waals surface area (Å²) in [6.45, 7) is 9.02. The van der Waals surface area contributed by atoms with Crippen LogP contribution in [0.5, 0.6) is 0 Å². The second-order valence-electron chi connectivity index (χ2n) is 4.96. The van der Waals surface area contributed by atoms with Gasteiger partial charge in [-0.25, -0.2) is 4.85 Å². The molecular formula is C17H16ClNO. The molecule has 0 saturated heterocycles. The molecule has 0 aliphatic carbocycles. The molecule has 2 atom stereocenters. The Balaban J connectivity index is 2.10. The van der Waals surface area contributed by atoms with Crippen LogP contribution in [0, 0.1) is 12.5 Å². The molecule has 0 heterocycles. The second-order valence-corrected chi connectivity index (χ2v) is 5.40. The Morgan fingerprint density at radius 1 is 1.20 bits per heavy atom. The Morgan fingerprint density at radius 3 is 2.55 bits per heavy atom. The highest BCUT2D eigenvalue weighted by Gasteiger charge is 2.17. The van der Waals surface area contributed by atoms with Crippen molar-refractivity contribution in [3.05, 3.63) is 76.1 Å². The van der Waals surface area contributed by atoms with Gasteiger partial charge in [-0.15, -0.1) is 0 Å². The number of rotatable bonds is 4. The first-order valence-electron chi connectivity index (χ1n) is 6.50. The van der Waals surface area contributed by atoms with Gasteiger partial charge in [-0.2, -0.15) is 0 Å². The molecule has 0 spiro atoms. The minimum absolute atomic E-state index is 0.0668. The number of hydrogen-bond acceptors (Lipinski definition) is 1. The maximum Gasteiger partial charge on any atom is 0.187 e. The van der Waals surface area contributed by atoms with Crippen molar-refractivity contribution in [1.29, 1.82) is 0 Å². The third kappa shape index (κ3) is 3.60. The Labute approximate surface area is 124 Å². The van der Waals surface area contributed by atoms with Crippen LogP contribution in [0.15, 0.2) is 48.5 Å². The van der Waals surface area contributed by atoms with Gasteiger partial charge in [-0.3, -0.25) is 0 Å². The fourth-order valence-electron chi connectivity index (χ4n) is 2.21. The molecular weight excluding hydrogens is 270 g/mol. The van der Waals surface area contributed by atoms with E-state index in [1.165, 1.54) is 0 Å². The van der Waals surface area contributed by atoms with Gasteiger partial charge in [-0.05, 0) is 35.6 Å². The summed E-state index contributed by atoms with van der Waals surface area (Å²) < 4.78 is 0. The first-order chi connectivity index (χ1) is 9.60. The van der Waals surface area contributed by atoms with E-state index in [1.54, 1.807) is 18.2 Å². The molecule has 0 saturated carbocycles. The predicted octanol–water partition coefficient (Wildman–Crippen LogP) is 4.80. The maximum atomic E-state index is 10.4. The Bertz CT molecular complexity index is 616. The highest BCUT2D eigenvalue weighted by molar-refractivity contribution is 6.30. The van der Waals surface area contributed by atoms with Crippen LogP contribution in [0.3, 0.4) is 0 Å². The van der Waals surface area contributed by atoms with Gasteiger partial charge in [0, 0.05) is 5.02 Å². The fraction of sp³-hybridized carbons (Fsp3) is 0.235. The molecule has 2 nitrogen and oxygen atoms in total. The van der Waals surface area contributed by atoms with Gasteiger partial charge in [0.25, 0.3) is 0 Å². The van der Waals surface area contributed by atoms with Gasteiger partial charge in [-0.1, -0.05) is 54.9 Å². The lowest BCUT2D eigenvalue weighted by molar-refractivity contribution is 0.118. The van der Waals surface area contributed by atoms with Crippen molar-refractivity contribution in [2.24, 2.45) is 5.92 Å². The molecule has 2 unspecified atom stereocenters. The molecule has 0 bridgehead atoms. The number of halogens is 1. The third-order valence-electron chi connectivity index (χ3n) is 3.35. The van der Waals surface area contributed by atoms with Crippen LogP contribution in [-0.4, -0.2) is 5.11 Å². The van der Waals surface area contributed by atoms with Gasteiger partial charge >= 0.3 is 0 Å². The normalized spacial score (nSPS) is 13.5. The van der Waals surface area contributed by atoms with E-state index < -0.39 is 6.10 Å². The fourth-order valence-corrected chi connectivity index (χ4v) is 2.34. The highest BCUT2D eigenvalue weighted by Crippen LogP contribution is 2.27. The number of nitrogens with zero attached hydrogens (tertiary/aromatic N) is 1. The van der Waals surface area contributed by atoms with Crippen LogP contribution in [0.4, 0.5) is 5.69 Å². The van der Waals surface area contributed by atoms with E-state index in [4.69, 9.17) is 18.2 Å². The lowest BCUT2D eigenvalue weighted by Crippen LogP contribution is -2.11. The maximum absolute atomic E-state index is 10.4. The molecule has 0 radical (unpaired) electrons. The molecule has 102 valence electrons. The summed E-state index contributed by atoms with van der Waals surface area (Å²) in [7, 11) is 0. The van der Waals surface area contributed by atoms with Crippen LogP contribution < -0.4 is 0 Å². The molecule has 2 aromatic carbocycles. The lowest BCUT2D eigenvalue weighted by atomic mass is 9.91. The van der Waals surface area contributed by atoms with E-state index >= 15 is 0 Å². The molecule has 0 aliphatic heterocycles. The van der Waals surface area contributed by atoms with Crippen LogP contribution >= 0.6 is 11.6 Å². The van der Waals surface area contributed by atoms with E-state index in [-0.39, 0.29) is 5.92 Å². The molecule has 0 aliphatic rings. The van der Waals surface area contributed by atoms with Gasteiger partial charge < -0.3 is 5.11 Å². The van der Waals surface area contributed by atoms with Crippen LogP contribution in [0.2, 0.25) is 5.02 Å². The van der Waals surface area contributed by atoms with E-state index in [2.05, 4.69) is 4.85 Å². The molecule has 0 fully saturated rings. The Kier molecular flexibility index (Phi) is 4.79. The number of hydrogen-bond donors (Lipinski definition) is 1. The summed E-state index contributed by atoms with van der Waals surface area (Å²) in [5, 5.41) is 11.1. The van der Waals surface area contributed by atoms with E-state index in [1.807, 2.05) is 37.3 Å². The smallest absolute Gasteiger partial charge is 0.187 e. The largest absolute Gasteiger partial charge is 0.388 e. The van der Waals surface area contributed by atoms with Crippen molar-refractivity contribution in [1.82, 2.24) is 0 Å². The third-order valence-corrected chi connectivity index (χ3v) is 3.60. The summed E-state index contributed by atoms with van der Waals surface area (Å²) in [5.41, 5.74) is 2.49. The number of aliphatic hydroxyl groups excluding tert-OH is 1. The first kappa shape index (κ1) is 14.6. The van der Waals surface area contributed by atoms with Crippen molar-refractivity contribution in [2.45, 2.75) is 19.4 Å². The quantitative estimate of drug-likeness (QED) is 0.802. The van der Waals surface area contributed by atoms with E-state index in [0.29, 0.717) is 10.7 Å². The summed E-state index contributed by atoms with van der Waals surface area (Å²) in [5.74, 6) is 0.0668. The molecule has 0 amide bonds. The minimum atomic E-state index is -0.577. The van der Waals surface area contributed by atoms with Crippen LogP contribution in [-0.2, 0) is 6.42 Å². The van der Waals surface area contributed by atoms with Crippen molar-refractivity contribution in [3.63, 3.8) is 0 Å². The van der Waals surface area contributed by atoms with Crippen molar-refractivity contribution < 1.29 is 5.11 Å². The van der Waals surface area contributed by atoms with Crippen molar-refractivity contribution >= 4 is 17.3 Å². The topological polar surface area (TPSA) is 24.6 Å². The first-order valence-corrected chi connectivity index (χ1v) is 6.88. The van der Waals surface area contributed by atoms with Crippen molar-refractivity contribution in [3.8, 4) is 0 Å². The van der Waals surface area contributed by atoms with E-state index in [0.717, 1.165) is 17.5 Å². The zero-order chi connectivity index (χ0) is 14.5. The average Bonchev–Trinajstić information content (AvgIpc) is 2.48. The van der Waals surface area contributed by atoms with Gasteiger partial charge in [0.05, 0.1) is 12.7 Å². The van der Waals surface area contributed by atoms with Gasteiger partial charge in [0.2, 0.25) is 0 Å². The minimum Gasteiger partial charge on any atom is -0.388 e. The van der Waals surface area contributed by atoms with Crippen LogP contribution in [0.25, 0.3) is 4.85 Å². The monoisotopic (exact) mass is 285 g/mol. The Hall–Kier alpha value is -1.82. The van der Waals surface area contributed by atoms with Gasteiger partial charge in [0.15, 0.2) is 5.69 Å². The van der Waals surface area contributed by atoms with Crippen LogP contribution in [0.1, 0.15) is 24.2 Å². The number of benzene rings is 2. The summed E-state index contributed by atoms with van der Waals surface area (Å²) in [4.78, 5) is 3.39. The lowest BCUT2D eigenvalue weighted by Gasteiger charge is -2.19. The Morgan fingerprint density at radius 2 is 1.90 bits per heavy atom. The zero-order valence-corrected chi connectivity index (χ0v) is 12.0. The SMILES string of the molecule is [C-]#[N+]c1cccc(C(O)C(C)Cc2ccc(Cl)cc2)c1.